The quantitative estimate of drug-likeness (QED) is 0.381. The van der Waals surface area contributed by atoms with Gasteiger partial charge in [0, 0.05) is 25.2 Å². The Morgan fingerprint density at radius 1 is 1.13 bits per heavy atom. The molecule has 0 aliphatic rings. The van der Waals surface area contributed by atoms with E-state index in [4.69, 9.17) is 9.72 Å². The number of amides is 1. The zero-order chi connectivity index (χ0) is 22.3. The highest BCUT2D eigenvalue weighted by Gasteiger charge is 2.18. The number of nitrogens with one attached hydrogen (secondary N) is 1. The minimum absolute atomic E-state index is 0.142. The smallest absolute Gasteiger partial charge is 0.278 e. The number of fused-ring (bicyclic) bond motifs is 3. The number of hydrogen-bond donors (Lipinski definition) is 1. The van der Waals surface area contributed by atoms with Gasteiger partial charge in [0.15, 0.2) is 5.16 Å². The van der Waals surface area contributed by atoms with E-state index in [-0.39, 0.29) is 17.2 Å². The number of rotatable bonds is 5. The topological polar surface area (TPSA) is 78.2 Å². The van der Waals surface area contributed by atoms with Crippen molar-refractivity contribution in [3.05, 3.63) is 57.9 Å². The summed E-state index contributed by atoms with van der Waals surface area (Å²) in [5, 5.41) is 4.31. The van der Waals surface area contributed by atoms with Crippen LogP contribution < -0.4 is 15.6 Å². The fraction of sp³-hybridized carbons (Fsp3) is 0.261. The van der Waals surface area contributed by atoms with Crippen molar-refractivity contribution in [2.24, 2.45) is 14.1 Å². The van der Waals surface area contributed by atoms with Crippen molar-refractivity contribution in [3.63, 3.8) is 0 Å². The maximum absolute atomic E-state index is 13.1. The summed E-state index contributed by atoms with van der Waals surface area (Å²) in [6.07, 6.45) is 0. The first-order valence-electron chi connectivity index (χ1n) is 9.84. The van der Waals surface area contributed by atoms with Crippen LogP contribution in [-0.2, 0) is 18.9 Å². The molecule has 8 heteroatoms. The van der Waals surface area contributed by atoms with Gasteiger partial charge in [0.2, 0.25) is 5.91 Å². The molecule has 4 rings (SSSR count). The summed E-state index contributed by atoms with van der Waals surface area (Å²) in [6, 6.07) is 11.5. The van der Waals surface area contributed by atoms with Crippen LogP contribution in [0.5, 0.6) is 5.75 Å². The van der Waals surface area contributed by atoms with Crippen LogP contribution in [0.4, 0.5) is 5.69 Å². The Hall–Kier alpha value is -3.26. The highest BCUT2D eigenvalue weighted by Crippen LogP contribution is 2.30. The summed E-state index contributed by atoms with van der Waals surface area (Å²) >= 11 is 1.24. The average Bonchev–Trinajstić information content (AvgIpc) is 3.03. The molecule has 0 unspecified atom stereocenters. The van der Waals surface area contributed by atoms with E-state index in [1.807, 2.05) is 61.9 Å². The van der Waals surface area contributed by atoms with Gasteiger partial charge in [-0.1, -0.05) is 30.0 Å². The zero-order valence-electron chi connectivity index (χ0n) is 18.1. The molecule has 0 aliphatic heterocycles. The van der Waals surface area contributed by atoms with Crippen molar-refractivity contribution in [2.75, 3.05) is 18.2 Å². The number of methoxy groups -OCH3 is 1. The van der Waals surface area contributed by atoms with Crippen LogP contribution >= 0.6 is 11.8 Å². The van der Waals surface area contributed by atoms with Gasteiger partial charge in [0.1, 0.15) is 16.8 Å². The molecule has 160 valence electrons. The van der Waals surface area contributed by atoms with E-state index >= 15 is 0 Å². The predicted molar refractivity (Wildman–Crippen MR) is 125 cm³/mol. The summed E-state index contributed by atoms with van der Waals surface area (Å²) in [6.45, 7) is 3.92. The van der Waals surface area contributed by atoms with E-state index in [9.17, 15) is 9.59 Å². The molecule has 1 N–H and O–H groups in total. The standard InChI is InChI=1S/C23H24N4O3S/c1-13-7-6-8-14(2)19(13)24-18(28)12-31-23-25-20-16-11-15(30-5)9-10-17(16)26(3)21(20)22(29)27(23)4/h6-11H,12H2,1-5H3,(H,24,28). The van der Waals surface area contributed by atoms with E-state index in [2.05, 4.69) is 5.32 Å². The molecular formula is C23H24N4O3S. The summed E-state index contributed by atoms with van der Waals surface area (Å²) in [5.41, 5.74) is 4.72. The van der Waals surface area contributed by atoms with Gasteiger partial charge in [0.25, 0.3) is 5.56 Å². The Morgan fingerprint density at radius 2 is 1.84 bits per heavy atom. The van der Waals surface area contributed by atoms with Crippen molar-refractivity contribution in [2.45, 2.75) is 19.0 Å². The molecule has 4 aromatic rings. The molecule has 31 heavy (non-hydrogen) atoms. The Morgan fingerprint density at radius 3 is 2.52 bits per heavy atom. The lowest BCUT2D eigenvalue weighted by molar-refractivity contribution is -0.113. The van der Waals surface area contributed by atoms with E-state index in [1.54, 1.807) is 14.2 Å². The maximum atomic E-state index is 13.1. The largest absolute Gasteiger partial charge is 0.497 e. The van der Waals surface area contributed by atoms with Gasteiger partial charge in [-0.15, -0.1) is 0 Å². The maximum Gasteiger partial charge on any atom is 0.278 e. The number of anilines is 1. The van der Waals surface area contributed by atoms with Gasteiger partial charge in [-0.05, 0) is 43.2 Å². The monoisotopic (exact) mass is 436 g/mol. The van der Waals surface area contributed by atoms with Crippen LogP contribution in [-0.4, -0.2) is 32.9 Å². The van der Waals surface area contributed by atoms with Crippen LogP contribution in [0.2, 0.25) is 0 Å². The molecule has 1 amide bonds. The lowest BCUT2D eigenvalue weighted by Gasteiger charge is -2.12. The minimum atomic E-state index is -0.152. The van der Waals surface area contributed by atoms with E-state index in [0.29, 0.717) is 21.9 Å². The third kappa shape index (κ3) is 3.67. The van der Waals surface area contributed by atoms with Gasteiger partial charge in [0.05, 0.1) is 18.4 Å². The van der Waals surface area contributed by atoms with Crippen molar-refractivity contribution < 1.29 is 9.53 Å². The number of aromatic nitrogens is 3. The van der Waals surface area contributed by atoms with Crippen molar-refractivity contribution in [3.8, 4) is 5.75 Å². The molecular weight excluding hydrogens is 412 g/mol. The number of hydrogen-bond acceptors (Lipinski definition) is 5. The Bertz CT molecular complexity index is 1370. The number of carbonyl (C=O) groups is 1. The van der Waals surface area contributed by atoms with E-state index in [0.717, 1.165) is 27.7 Å². The fourth-order valence-corrected chi connectivity index (χ4v) is 4.52. The Labute approximate surface area is 184 Å². The van der Waals surface area contributed by atoms with Crippen molar-refractivity contribution >= 4 is 45.3 Å². The molecule has 0 atom stereocenters. The van der Waals surface area contributed by atoms with E-state index < -0.39 is 0 Å². The van der Waals surface area contributed by atoms with E-state index in [1.165, 1.54) is 16.3 Å². The number of carbonyl (C=O) groups excluding carboxylic acids is 1. The second kappa shape index (κ2) is 8.11. The average molecular weight is 437 g/mol. The SMILES string of the molecule is COc1ccc2c(c1)c1nc(SCC(=O)Nc3c(C)cccc3C)n(C)c(=O)c1n2C. The number of ether oxygens (including phenoxy) is 1. The third-order valence-corrected chi connectivity index (χ3v) is 6.49. The second-order valence-electron chi connectivity index (χ2n) is 7.50. The summed E-state index contributed by atoms with van der Waals surface area (Å²) in [5.74, 6) is 0.703. The number of benzene rings is 2. The van der Waals surface area contributed by atoms with Crippen LogP contribution in [0.1, 0.15) is 11.1 Å². The van der Waals surface area contributed by atoms with Crippen LogP contribution in [0, 0.1) is 13.8 Å². The first kappa shape index (κ1) is 21.0. The molecule has 0 spiro atoms. The Kier molecular flexibility index (Phi) is 5.49. The number of nitrogens with zero attached hydrogens (tertiary/aromatic N) is 3. The summed E-state index contributed by atoms with van der Waals surface area (Å²) < 4.78 is 8.69. The van der Waals surface area contributed by atoms with Crippen molar-refractivity contribution in [1.82, 2.24) is 14.1 Å². The second-order valence-corrected chi connectivity index (χ2v) is 8.44. The predicted octanol–water partition coefficient (Wildman–Crippen LogP) is 3.78. The first-order chi connectivity index (χ1) is 14.8. The molecule has 0 aliphatic carbocycles. The number of thioether (sulfide) groups is 1. The minimum Gasteiger partial charge on any atom is -0.497 e. The van der Waals surface area contributed by atoms with Gasteiger partial charge in [-0.25, -0.2) is 4.98 Å². The Balaban J connectivity index is 1.68. The molecule has 2 aromatic heterocycles. The molecule has 0 radical (unpaired) electrons. The van der Waals surface area contributed by atoms with Gasteiger partial charge >= 0.3 is 0 Å². The number of para-hydroxylation sites is 1. The summed E-state index contributed by atoms with van der Waals surface area (Å²) in [7, 11) is 5.14. The zero-order valence-corrected chi connectivity index (χ0v) is 19.0. The van der Waals surface area contributed by atoms with Gasteiger partial charge < -0.3 is 14.6 Å². The molecule has 2 heterocycles. The van der Waals surface area contributed by atoms with Crippen LogP contribution in [0.3, 0.4) is 0 Å². The summed E-state index contributed by atoms with van der Waals surface area (Å²) in [4.78, 5) is 30.4. The van der Waals surface area contributed by atoms with Gasteiger partial charge in [-0.2, -0.15) is 0 Å². The number of aryl methyl sites for hydroxylation is 3. The molecule has 0 saturated heterocycles. The molecule has 0 bridgehead atoms. The lowest BCUT2D eigenvalue weighted by Crippen LogP contribution is -2.22. The fourth-order valence-electron chi connectivity index (χ4n) is 3.75. The normalized spacial score (nSPS) is 11.3. The molecule has 2 aromatic carbocycles. The third-order valence-electron chi connectivity index (χ3n) is 5.46. The van der Waals surface area contributed by atoms with Gasteiger partial charge in [-0.3, -0.25) is 14.2 Å². The highest BCUT2D eigenvalue weighted by atomic mass is 32.2. The lowest BCUT2D eigenvalue weighted by atomic mass is 10.1. The van der Waals surface area contributed by atoms with Crippen LogP contribution in [0.15, 0.2) is 46.3 Å². The first-order valence-corrected chi connectivity index (χ1v) is 10.8. The van der Waals surface area contributed by atoms with Crippen molar-refractivity contribution in [1.29, 1.82) is 0 Å². The molecule has 7 nitrogen and oxygen atoms in total. The van der Waals surface area contributed by atoms with Crippen LogP contribution in [0.25, 0.3) is 21.9 Å². The molecule has 0 fully saturated rings. The molecule has 0 saturated carbocycles. The highest BCUT2D eigenvalue weighted by molar-refractivity contribution is 7.99.